The Morgan fingerprint density at radius 1 is 0.952 bits per heavy atom. The van der Waals surface area contributed by atoms with Crippen molar-refractivity contribution in [2.75, 3.05) is 20.8 Å². The van der Waals surface area contributed by atoms with Crippen molar-refractivity contribution in [3.63, 3.8) is 0 Å². The van der Waals surface area contributed by atoms with Gasteiger partial charge < -0.3 is 24.2 Å². The number of rotatable bonds is 12. The Bertz CT molecular complexity index is 1560. The fraction of sp³-hybridized carbons (Fsp3) is 0.353. The monoisotopic (exact) mass is 569 g/mol. The third-order valence-electron chi connectivity index (χ3n) is 7.83. The van der Waals surface area contributed by atoms with Crippen molar-refractivity contribution in [3.8, 4) is 34.3 Å². The summed E-state index contributed by atoms with van der Waals surface area (Å²) in [5.41, 5.74) is 5.85. The fourth-order valence-corrected chi connectivity index (χ4v) is 5.66. The second-order valence-electron chi connectivity index (χ2n) is 10.8. The first kappa shape index (κ1) is 29.0. The lowest BCUT2D eigenvalue weighted by Crippen LogP contribution is -2.29. The maximum atomic E-state index is 13.9. The molecule has 0 radical (unpaired) electrons. The molecule has 0 spiro atoms. The smallest absolute Gasteiger partial charge is 0.273 e. The van der Waals surface area contributed by atoms with Crippen LogP contribution in [0.2, 0.25) is 0 Å². The van der Waals surface area contributed by atoms with Gasteiger partial charge in [-0.25, -0.2) is 0 Å². The van der Waals surface area contributed by atoms with Gasteiger partial charge in [0.2, 0.25) is 0 Å². The molecule has 42 heavy (non-hydrogen) atoms. The first-order chi connectivity index (χ1) is 20.4. The van der Waals surface area contributed by atoms with Crippen LogP contribution in [0.1, 0.15) is 77.0 Å². The number of aromatic hydroxyl groups is 1. The number of aromatic nitrogens is 2. The second kappa shape index (κ2) is 12.6. The van der Waals surface area contributed by atoms with Crippen LogP contribution in [0.3, 0.4) is 0 Å². The first-order valence-electron chi connectivity index (χ1n) is 14.5. The minimum absolute atomic E-state index is 0.152. The molecule has 1 aliphatic rings. The van der Waals surface area contributed by atoms with Crippen molar-refractivity contribution >= 4 is 5.91 Å². The minimum atomic E-state index is -0.476. The van der Waals surface area contributed by atoms with Crippen molar-refractivity contribution in [3.05, 3.63) is 88.1 Å². The summed E-state index contributed by atoms with van der Waals surface area (Å²) in [6, 6.07) is 16.9. The molecule has 220 valence electrons. The molecule has 0 saturated heterocycles. The van der Waals surface area contributed by atoms with Gasteiger partial charge in [-0.2, -0.15) is 5.10 Å². The molecule has 8 heteroatoms. The molecule has 4 aromatic rings. The highest BCUT2D eigenvalue weighted by Gasteiger charge is 2.43. The largest absolute Gasteiger partial charge is 0.507 e. The van der Waals surface area contributed by atoms with Gasteiger partial charge in [-0.05, 0) is 72.9 Å². The zero-order valence-electron chi connectivity index (χ0n) is 25.0. The number of amides is 1. The number of aromatic amines is 1. The standard InChI is InChI=1S/C34H39N3O5/c1-6-7-8-9-16-42-27-15-12-24(19-28(27)41-5)32-29-30(26-18-21(2)17-22(3)33(26)38)35-36-31(29)34(39)37(32)20-23-10-13-25(40-4)14-11-23/h10-15,17-19,32,38H,6-9,16,20H2,1-5H3,(H,35,36). The molecule has 2 heterocycles. The predicted molar refractivity (Wildman–Crippen MR) is 163 cm³/mol. The Hall–Kier alpha value is -4.46. The van der Waals surface area contributed by atoms with Crippen LogP contribution in [0.25, 0.3) is 11.3 Å². The van der Waals surface area contributed by atoms with Crippen molar-refractivity contribution in [2.24, 2.45) is 0 Å². The summed E-state index contributed by atoms with van der Waals surface area (Å²) < 4.78 is 17.2. The highest BCUT2D eigenvalue weighted by Crippen LogP contribution is 2.47. The maximum Gasteiger partial charge on any atom is 0.273 e. The Morgan fingerprint density at radius 3 is 2.45 bits per heavy atom. The second-order valence-corrected chi connectivity index (χ2v) is 10.8. The van der Waals surface area contributed by atoms with E-state index in [1.165, 1.54) is 12.8 Å². The lowest BCUT2D eigenvalue weighted by molar-refractivity contribution is 0.0730. The average Bonchev–Trinajstić information content (AvgIpc) is 3.54. The molecule has 1 atom stereocenters. The molecular formula is C34H39N3O5. The number of ether oxygens (including phenoxy) is 3. The van der Waals surface area contributed by atoms with Crippen LogP contribution in [-0.2, 0) is 6.54 Å². The van der Waals surface area contributed by atoms with E-state index in [1.54, 1.807) is 14.2 Å². The van der Waals surface area contributed by atoms with Crippen molar-refractivity contribution in [2.45, 2.75) is 59.0 Å². The zero-order chi connectivity index (χ0) is 29.8. The topological polar surface area (TPSA) is 96.9 Å². The number of carbonyl (C=O) groups is 1. The summed E-state index contributed by atoms with van der Waals surface area (Å²) in [6.07, 6.45) is 4.46. The predicted octanol–water partition coefficient (Wildman–Crippen LogP) is 7.12. The van der Waals surface area contributed by atoms with Gasteiger partial charge >= 0.3 is 0 Å². The van der Waals surface area contributed by atoms with Crippen molar-refractivity contribution in [1.29, 1.82) is 0 Å². The van der Waals surface area contributed by atoms with Gasteiger partial charge in [-0.3, -0.25) is 9.89 Å². The lowest BCUT2D eigenvalue weighted by Gasteiger charge is -2.27. The molecule has 1 amide bonds. The SMILES string of the molecule is CCCCCCOc1ccc(C2c3c(-c4cc(C)cc(C)c4O)n[nH]c3C(=O)N2Cc2ccc(OC)cc2)cc1OC. The quantitative estimate of drug-likeness (QED) is 0.176. The molecule has 1 aliphatic heterocycles. The molecular weight excluding hydrogens is 530 g/mol. The van der Waals surface area contributed by atoms with E-state index in [0.717, 1.165) is 46.4 Å². The molecule has 3 aromatic carbocycles. The van der Waals surface area contributed by atoms with Gasteiger partial charge in [0.15, 0.2) is 11.5 Å². The van der Waals surface area contributed by atoms with Crippen LogP contribution in [0.5, 0.6) is 23.0 Å². The number of benzene rings is 3. The van der Waals surface area contributed by atoms with Gasteiger partial charge in [-0.1, -0.05) is 50.5 Å². The van der Waals surface area contributed by atoms with E-state index in [-0.39, 0.29) is 11.7 Å². The third kappa shape index (κ3) is 5.66. The van der Waals surface area contributed by atoms with E-state index in [9.17, 15) is 9.90 Å². The molecule has 0 saturated carbocycles. The summed E-state index contributed by atoms with van der Waals surface area (Å²) in [5.74, 6) is 2.01. The van der Waals surface area contributed by atoms with E-state index in [0.29, 0.717) is 41.6 Å². The number of nitrogens with one attached hydrogen (secondary N) is 1. The molecule has 0 bridgehead atoms. The van der Waals surface area contributed by atoms with Gasteiger partial charge in [-0.15, -0.1) is 0 Å². The summed E-state index contributed by atoms with van der Waals surface area (Å²) in [5, 5.41) is 18.6. The normalized spacial score (nSPS) is 14.3. The van der Waals surface area contributed by atoms with Gasteiger partial charge in [0, 0.05) is 17.7 Å². The summed E-state index contributed by atoms with van der Waals surface area (Å²) in [4.78, 5) is 15.8. The number of unbranched alkanes of at least 4 members (excludes halogenated alkanes) is 3. The van der Waals surface area contributed by atoms with Crippen LogP contribution < -0.4 is 14.2 Å². The maximum absolute atomic E-state index is 13.9. The minimum Gasteiger partial charge on any atom is -0.507 e. The Balaban J connectivity index is 1.57. The van der Waals surface area contributed by atoms with Crippen LogP contribution in [0.4, 0.5) is 0 Å². The van der Waals surface area contributed by atoms with E-state index < -0.39 is 6.04 Å². The van der Waals surface area contributed by atoms with Crippen LogP contribution in [0, 0.1) is 13.8 Å². The number of phenols is 1. The first-order valence-corrected chi connectivity index (χ1v) is 14.5. The van der Waals surface area contributed by atoms with E-state index in [4.69, 9.17) is 14.2 Å². The van der Waals surface area contributed by atoms with Crippen LogP contribution in [0.15, 0.2) is 54.6 Å². The fourth-order valence-electron chi connectivity index (χ4n) is 5.66. The average molecular weight is 570 g/mol. The molecule has 2 N–H and O–H groups in total. The number of fused-ring (bicyclic) bond motifs is 1. The van der Waals surface area contributed by atoms with E-state index >= 15 is 0 Å². The molecule has 0 fully saturated rings. The van der Waals surface area contributed by atoms with E-state index in [2.05, 4.69) is 17.1 Å². The molecule has 8 nitrogen and oxygen atoms in total. The molecule has 1 aromatic heterocycles. The highest BCUT2D eigenvalue weighted by atomic mass is 16.5. The van der Waals surface area contributed by atoms with Crippen LogP contribution >= 0.6 is 0 Å². The number of hydrogen-bond donors (Lipinski definition) is 2. The Labute approximate surface area is 247 Å². The number of methoxy groups -OCH3 is 2. The summed E-state index contributed by atoms with van der Waals surface area (Å²) >= 11 is 0. The Morgan fingerprint density at radius 2 is 1.74 bits per heavy atom. The number of carbonyl (C=O) groups excluding carboxylic acids is 1. The van der Waals surface area contributed by atoms with Crippen molar-refractivity contribution < 1.29 is 24.1 Å². The van der Waals surface area contributed by atoms with Gasteiger partial charge in [0.25, 0.3) is 5.91 Å². The van der Waals surface area contributed by atoms with Crippen LogP contribution in [-0.4, -0.2) is 46.9 Å². The molecule has 0 aliphatic carbocycles. The third-order valence-corrected chi connectivity index (χ3v) is 7.83. The zero-order valence-corrected chi connectivity index (χ0v) is 25.0. The summed E-state index contributed by atoms with van der Waals surface area (Å²) in [7, 11) is 3.25. The number of nitrogens with zero attached hydrogens (tertiary/aromatic N) is 2. The lowest BCUT2D eigenvalue weighted by atomic mass is 9.93. The number of phenolic OH excluding ortho intramolecular Hbond substituents is 1. The Kier molecular flexibility index (Phi) is 8.71. The summed E-state index contributed by atoms with van der Waals surface area (Å²) in [6.45, 7) is 7.01. The van der Waals surface area contributed by atoms with Crippen molar-refractivity contribution in [1.82, 2.24) is 15.1 Å². The number of hydrogen-bond acceptors (Lipinski definition) is 6. The highest BCUT2D eigenvalue weighted by molar-refractivity contribution is 6.00. The molecule has 5 rings (SSSR count). The number of H-pyrrole nitrogens is 1. The number of aryl methyl sites for hydroxylation is 2. The molecule has 1 unspecified atom stereocenters. The van der Waals surface area contributed by atoms with E-state index in [1.807, 2.05) is 73.3 Å². The van der Waals surface area contributed by atoms with Gasteiger partial charge in [0.05, 0.1) is 26.9 Å². The van der Waals surface area contributed by atoms with Gasteiger partial charge in [0.1, 0.15) is 22.9 Å².